The highest BCUT2D eigenvalue weighted by Gasteiger charge is 2.12. The van der Waals surface area contributed by atoms with Crippen LogP contribution in [0.25, 0.3) is 11.0 Å². The summed E-state index contributed by atoms with van der Waals surface area (Å²) in [5, 5.41) is 2.98. The number of hydrogen-bond donors (Lipinski definition) is 2. The smallest absolute Gasteiger partial charge is 0.255 e. The van der Waals surface area contributed by atoms with Gasteiger partial charge >= 0.3 is 0 Å². The third-order valence-electron chi connectivity index (χ3n) is 5.15. The maximum Gasteiger partial charge on any atom is 0.255 e. The van der Waals surface area contributed by atoms with Gasteiger partial charge in [-0.05, 0) is 73.3 Å². The van der Waals surface area contributed by atoms with Gasteiger partial charge in [-0.3, -0.25) is 4.79 Å². The van der Waals surface area contributed by atoms with Gasteiger partial charge in [-0.1, -0.05) is 18.2 Å². The van der Waals surface area contributed by atoms with Crippen LogP contribution in [0.2, 0.25) is 0 Å². The number of aromatic nitrogens is 2. The standard InChI is InChI=1S/C24H24N4O2S/c1-15-6-5-7-16(2)23(15)27-31-22-13-18(9-11-21(22)30-4)26-24(29)17-8-10-19-20(12-17)28(3)14-25-19/h5-14,27H,1-4H3,(H,26,29). The van der Waals surface area contributed by atoms with E-state index in [4.69, 9.17) is 4.74 Å². The number of aryl methyl sites for hydroxylation is 3. The van der Waals surface area contributed by atoms with Gasteiger partial charge in [-0.15, -0.1) is 0 Å². The molecule has 4 aromatic rings. The average Bonchev–Trinajstić information content (AvgIpc) is 3.14. The Balaban J connectivity index is 1.54. The summed E-state index contributed by atoms with van der Waals surface area (Å²) in [5.41, 5.74) is 6.46. The van der Waals surface area contributed by atoms with Crippen LogP contribution in [0.1, 0.15) is 21.5 Å². The Morgan fingerprint density at radius 2 is 1.84 bits per heavy atom. The fourth-order valence-electron chi connectivity index (χ4n) is 3.39. The van der Waals surface area contributed by atoms with Crippen LogP contribution in [0.3, 0.4) is 0 Å². The van der Waals surface area contributed by atoms with Crippen molar-refractivity contribution >= 4 is 40.3 Å². The molecule has 0 fully saturated rings. The van der Waals surface area contributed by atoms with Crippen LogP contribution in [0.5, 0.6) is 5.75 Å². The van der Waals surface area contributed by atoms with Gasteiger partial charge in [0.05, 0.1) is 35.1 Å². The molecule has 31 heavy (non-hydrogen) atoms. The number of rotatable bonds is 6. The van der Waals surface area contributed by atoms with Gasteiger partial charge in [0.2, 0.25) is 0 Å². The highest BCUT2D eigenvalue weighted by atomic mass is 32.2. The maximum absolute atomic E-state index is 12.8. The number of amides is 1. The molecule has 1 amide bonds. The summed E-state index contributed by atoms with van der Waals surface area (Å²) >= 11 is 1.46. The van der Waals surface area contributed by atoms with Gasteiger partial charge in [0.15, 0.2) is 0 Å². The zero-order valence-electron chi connectivity index (χ0n) is 17.9. The first-order chi connectivity index (χ1) is 15.0. The molecule has 0 aliphatic rings. The van der Waals surface area contributed by atoms with E-state index in [9.17, 15) is 4.79 Å². The van der Waals surface area contributed by atoms with Crippen molar-refractivity contribution in [2.75, 3.05) is 17.1 Å². The van der Waals surface area contributed by atoms with Crippen molar-refractivity contribution in [2.24, 2.45) is 7.05 Å². The number of anilines is 2. The topological polar surface area (TPSA) is 68.2 Å². The van der Waals surface area contributed by atoms with Crippen molar-refractivity contribution in [1.29, 1.82) is 0 Å². The summed E-state index contributed by atoms with van der Waals surface area (Å²) in [6.07, 6.45) is 1.74. The Hall–Kier alpha value is -3.45. The minimum absolute atomic E-state index is 0.174. The molecule has 0 saturated carbocycles. The molecule has 0 aliphatic heterocycles. The van der Waals surface area contributed by atoms with Gasteiger partial charge in [-0.2, -0.15) is 0 Å². The van der Waals surface area contributed by atoms with E-state index in [2.05, 4.69) is 41.0 Å². The minimum Gasteiger partial charge on any atom is -0.496 e. The summed E-state index contributed by atoms with van der Waals surface area (Å²) in [7, 11) is 3.55. The van der Waals surface area contributed by atoms with Gasteiger partial charge in [0.1, 0.15) is 5.75 Å². The first-order valence-electron chi connectivity index (χ1n) is 9.86. The maximum atomic E-state index is 12.8. The van der Waals surface area contributed by atoms with Crippen LogP contribution in [-0.2, 0) is 7.05 Å². The number of carbonyl (C=O) groups is 1. The van der Waals surface area contributed by atoms with Crippen LogP contribution >= 0.6 is 11.9 Å². The molecule has 158 valence electrons. The minimum atomic E-state index is -0.174. The monoisotopic (exact) mass is 432 g/mol. The highest BCUT2D eigenvalue weighted by molar-refractivity contribution is 8.00. The molecular formula is C24H24N4O2S. The van der Waals surface area contributed by atoms with Crippen molar-refractivity contribution in [2.45, 2.75) is 18.7 Å². The van der Waals surface area contributed by atoms with Gasteiger partial charge in [-0.25, -0.2) is 4.98 Å². The van der Waals surface area contributed by atoms with Gasteiger partial charge < -0.3 is 19.3 Å². The molecule has 2 N–H and O–H groups in total. The van der Waals surface area contributed by atoms with Crippen LogP contribution in [0, 0.1) is 13.8 Å². The summed E-state index contributed by atoms with van der Waals surface area (Å²) in [4.78, 5) is 18.0. The van der Waals surface area contributed by atoms with Crippen molar-refractivity contribution < 1.29 is 9.53 Å². The molecule has 0 unspecified atom stereocenters. The van der Waals surface area contributed by atoms with Crippen molar-refractivity contribution in [3.05, 3.63) is 77.6 Å². The summed E-state index contributed by atoms with van der Waals surface area (Å²) < 4.78 is 10.8. The average molecular weight is 433 g/mol. The molecule has 1 aromatic heterocycles. The lowest BCUT2D eigenvalue weighted by molar-refractivity contribution is 0.102. The lowest BCUT2D eigenvalue weighted by Crippen LogP contribution is -2.12. The van der Waals surface area contributed by atoms with E-state index in [0.29, 0.717) is 11.3 Å². The van der Waals surface area contributed by atoms with E-state index >= 15 is 0 Å². The van der Waals surface area contributed by atoms with Crippen molar-refractivity contribution in [3.8, 4) is 5.75 Å². The fourth-order valence-corrected chi connectivity index (χ4v) is 4.36. The number of hydrogen-bond acceptors (Lipinski definition) is 5. The lowest BCUT2D eigenvalue weighted by atomic mass is 10.1. The Morgan fingerprint density at radius 1 is 1.06 bits per heavy atom. The van der Waals surface area contributed by atoms with Crippen LogP contribution in [-0.4, -0.2) is 22.6 Å². The zero-order chi connectivity index (χ0) is 22.0. The first-order valence-corrected chi connectivity index (χ1v) is 10.7. The third-order valence-corrected chi connectivity index (χ3v) is 6.00. The molecule has 0 atom stereocenters. The van der Waals surface area contributed by atoms with Crippen LogP contribution in [0.4, 0.5) is 11.4 Å². The molecule has 0 saturated heterocycles. The van der Waals surface area contributed by atoms with E-state index in [-0.39, 0.29) is 5.91 Å². The van der Waals surface area contributed by atoms with E-state index in [1.165, 1.54) is 23.1 Å². The first kappa shape index (κ1) is 20.8. The number of imidazole rings is 1. The quantitative estimate of drug-likeness (QED) is 0.390. The lowest BCUT2D eigenvalue weighted by Gasteiger charge is -2.15. The number of ether oxygens (including phenoxy) is 1. The fraction of sp³-hybridized carbons (Fsp3) is 0.167. The number of fused-ring (bicyclic) bond motifs is 1. The summed E-state index contributed by atoms with van der Waals surface area (Å²) in [6, 6.07) is 17.3. The second kappa shape index (κ2) is 8.73. The van der Waals surface area contributed by atoms with E-state index in [1.54, 1.807) is 19.5 Å². The number of carbonyl (C=O) groups excluding carboxylic acids is 1. The van der Waals surface area contributed by atoms with E-state index in [1.807, 2.05) is 48.0 Å². The van der Waals surface area contributed by atoms with E-state index < -0.39 is 0 Å². The third kappa shape index (κ3) is 4.36. The molecule has 0 radical (unpaired) electrons. The number of para-hydroxylation sites is 1. The van der Waals surface area contributed by atoms with Gasteiger partial charge in [0, 0.05) is 18.3 Å². The van der Waals surface area contributed by atoms with Gasteiger partial charge in [0.25, 0.3) is 5.91 Å². The normalized spacial score (nSPS) is 10.8. The Bertz CT molecular complexity index is 1250. The molecule has 3 aromatic carbocycles. The van der Waals surface area contributed by atoms with Crippen LogP contribution < -0.4 is 14.8 Å². The number of benzene rings is 3. The van der Waals surface area contributed by atoms with Crippen molar-refractivity contribution in [3.63, 3.8) is 0 Å². The molecule has 0 aliphatic carbocycles. The number of nitrogens with one attached hydrogen (secondary N) is 2. The molecule has 0 spiro atoms. The zero-order valence-corrected chi connectivity index (χ0v) is 18.7. The SMILES string of the molecule is COc1ccc(NC(=O)c2ccc3ncn(C)c3c2)cc1SNc1c(C)cccc1C. The Labute approximate surface area is 185 Å². The highest BCUT2D eigenvalue weighted by Crippen LogP contribution is 2.34. The number of methoxy groups -OCH3 is 1. The molecule has 7 heteroatoms. The second-order valence-electron chi connectivity index (χ2n) is 7.35. The Kier molecular flexibility index (Phi) is 5.86. The molecular weight excluding hydrogens is 408 g/mol. The molecule has 0 bridgehead atoms. The Morgan fingerprint density at radius 3 is 2.58 bits per heavy atom. The molecule has 1 heterocycles. The number of nitrogens with zero attached hydrogens (tertiary/aromatic N) is 2. The molecule has 4 rings (SSSR count). The second-order valence-corrected chi connectivity index (χ2v) is 8.20. The molecule has 6 nitrogen and oxygen atoms in total. The van der Waals surface area contributed by atoms with Crippen LogP contribution in [0.15, 0.2) is 65.8 Å². The summed E-state index contributed by atoms with van der Waals surface area (Å²) in [5.74, 6) is 0.560. The summed E-state index contributed by atoms with van der Waals surface area (Å²) in [6.45, 7) is 4.14. The van der Waals surface area contributed by atoms with E-state index in [0.717, 1.165) is 27.4 Å². The van der Waals surface area contributed by atoms with Crippen molar-refractivity contribution in [1.82, 2.24) is 9.55 Å². The largest absolute Gasteiger partial charge is 0.496 e. The predicted molar refractivity (Wildman–Crippen MR) is 127 cm³/mol. The predicted octanol–water partition coefficient (Wildman–Crippen LogP) is 5.57.